The minimum atomic E-state index is -0.329. The average Bonchev–Trinajstić information content (AvgIpc) is 2.80. The average molecular weight is 326 g/mol. The third kappa shape index (κ3) is 6.05. The first-order valence-corrected chi connectivity index (χ1v) is 8.15. The van der Waals surface area contributed by atoms with E-state index in [2.05, 4.69) is 53.5 Å². The molecule has 0 bridgehead atoms. The predicted molar refractivity (Wildman–Crippen MR) is 91.5 cm³/mol. The fraction of sp³-hybridized carbons (Fsp3) is 0.800. The predicted octanol–water partition coefficient (Wildman–Crippen LogP) is -0.178. The van der Waals surface area contributed by atoms with Crippen molar-refractivity contribution in [1.82, 2.24) is 25.8 Å². The van der Waals surface area contributed by atoms with Gasteiger partial charge in [-0.15, -0.1) is 0 Å². The molecule has 1 heterocycles. The topological polar surface area (TPSA) is 89.1 Å². The van der Waals surface area contributed by atoms with Crippen LogP contribution in [0.2, 0.25) is 0 Å². The maximum absolute atomic E-state index is 11.5. The Morgan fingerprint density at radius 2 is 1.83 bits per heavy atom. The van der Waals surface area contributed by atoms with Gasteiger partial charge in [0.1, 0.15) is 0 Å². The number of hydrogen-bond donors (Lipinski definition) is 3. The second-order valence-electron chi connectivity index (χ2n) is 6.06. The fourth-order valence-corrected chi connectivity index (χ4v) is 2.60. The normalized spacial score (nSPS) is 15.8. The van der Waals surface area contributed by atoms with E-state index in [0.717, 1.165) is 13.1 Å². The van der Waals surface area contributed by atoms with Crippen molar-refractivity contribution < 1.29 is 9.59 Å². The van der Waals surface area contributed by atoms with Gasteiger partial charge in [-0.2, -0.15) is 0 Å². The van der Waals surface area contributed by atoms with Gasteiger partial charge in [-0.05, 0) is 27.7 Å². The number of hydrogen-bond acceptors (Lipinski definition) is 4. The summed E-state index contributed by atoms with van der Waals surface area (Å²) in [7, 11) is 1.70. The van der Waals surface area contributed by atoms with Crippen LogP contribution in [0.15, 0.2) is 4.99 Å². The smallest absolute Gasteiger partial charge is 0.324 e. The Labute approximate surface area is 138 Å². The van der Waals surface area contributed by atoms with Gasteiger partial charge < -0.3 is 16.0 Å². The molecule has 0 aliphatic carbocycles. The number of carbonyl (C=O) groups excluding carboxylic acids is 2. The monoisotopic (exact) mass is 326 g/mol. The highest BCUT2D eigenvalue weighted by Crippen LogP contribution is 2.03. The number of guanidine groups is 1. The van der Waals surface area contributed by atoms with Crippen LogP contribution in [0.4, 0.5) is 4.79 Å². The molecule has 1 fully saturated rings. The third-order valence-electron chi connectivity index (χ3n) is 3.78. The summed E-state index contributed by atoms with van der Waals surface area (Å²) >= 11 is 0. The molecule has 8 heteroatoms. The highest BCUT2D eigenvalue weighted by atomic mass is 16.2. The summed E-state index contributed by atoms with van der Waals surface area (Å²) in [4.78, 5) is 30.6. The molecule has 0 aromatic rings. The zero-order chi connectivity index (χ0) is 17.4. The number of imide groups is 1. The van der Waals surface area contributed by atoms with E-state index in [1.807, 2.05) is 0 Å². The van der Waals surface area contributed by atoms with E-state index in [4.69, 9.17) is 0 Å². The first kappa shape index (κ1) is 19.2. The molecule has 132 valence electrons. The molecule has 0 aromatic heterocycles. The number of nitrogens with one attached hydrogen (secondary N) is 3. The van der Waals surface area contributed by atoms with Crippen molar-refractivity contribution in [2.75, 3.05) is 39.8 Å². The van der Waals surface area contributed by atoms with Gasteiger partial charge >= 0.3 is 6.03 Å². The van der Waals surface area contributed by atoms with Gasteiger partial charge in [0.15, 0.2) is 5.96 Å². The van der Waals surface area contributed by atoms with Gasteiger partial charge in [0, 0.05) is 45.3 Å². The Morgan fingerprint density at radius 1 is 1.22 bits per heavy atom. The lowest BCUT2D eigenvalue weighted by Gasteiger charge is -2.30. The molecule has 1 saturated heterocycles. The lowest BCUT2D eigenvalue weighted by Crippen LogP contribution is -2.47. The SMILES string of the molecule is CN=C(NCCN1C(=O)CNC1=O)NCCN(C(C)C)C(C)C. The molecule has 3 amide bonds. The molecular formula is C15H30N6O2. The highest BCUT2D eigenvalue weighted by molar-refractivity contribution is 6.01. The van der Waals surface area contributed by atoms with Crippen molar-refractivity contribution in [3.05, 3.63) is 0 Å². The molecule has 0 unspecified atom stereocenters. The Morgan fingerprint density at radius 3 is 2.30 bits per heavy atom. The van der Waals surface area contributed by atoms with Crippen LogP contribution >= 0.6 is 0 Å². The summed E-state index contributed by atoms with van der Waals surface area (Å²) in [6, 6.07) is 0.655. The summed E-state index contributed by atoms with van der Waals surface area (Å²) in [5.74, 6) is 0.480. The van der Waals surface area contributed by atoms with E-state index in [-0.39, 0.29) is 18.5 Å². The summed E-state index contributed by atoms with van der Waals surface area (Å²) in [6.45, 7) is 11.3. The fourth-order valence-electron chi connectivity index (χ4n) is 2.60. The maximum Gasteiger partial charge on any atom is 0.324 e. The summed E-state index contributed by atoms with van der Waals surface area (Å²) in [5.41, 5.74) is 0. The quantitative estimate of drug-likeness (QED) is 0.327. The minimum absolute atomic E-state index is 0.0893. The number of aliphatic imine (C=N–C) groups is 1. The molecule has 23 heavy (non-hydrogen) atoms. The van der Waals surface area contributed by atoms with Crippen LogP contribution in [-0.4, -0.2) is 79.6 Å². The van der Waals surface area contributed by atoms with Crippen LogP contribution in [-0.2, 0) is 4.79 Å². The number of amides is 3. The highest BCUT2D eigenvalue weighted by Gasteiger charge is 2.27. The van der Waals surface area contributed by atoms with Gasteiger partial charge in [-0.3, -0.25) is 19.6 Å². The standard InChI is InChI=1S/C15H30N6O2/c1-11(2)20(12(3)4)8-6-17-14(16-5)18-7-9-21-13(22)10-19-15(21)23/h11-12H,6-10H2,1-5H3,(H,19,23)(H2,16,17,18). The van der Waals surface area contributed by atoms with E-state index < -0.39 is 0 Å². The molecule has 0 atom stereocenters. The second-order valence-corrected chi connectivity index (χ2v) is 6.06. The first-order chi connectivity index (χ1) is 10.9. The van der Waals surface area contributed by atoms with Crippen LogP contribution in [0.1, 0.15) is 27.7 Å². The van der Waals surface area contributed by atoms with Crippen molar-refractivity contribution in [2.24, 2.45) is 4.99 Å². The van der Waals surface area contributed by atoms with Crippen LogP contribution in [0, 0.1) is 0 Å². The van der Waals surface area contributed by atoms with Crippen LogP contribution in [0.25, 0.3) is 0 Å². The van der Waals surface area contributed by atoms with E-state index in [1.54, 1.807) is 7.05 Å². The summed E-state index contributed by atoms with van der Waals surface area (Å²) in [6.07, 6.45) is 0. The maximum atomic E-state index is 11.5. The van der Waals surface area contributed by atoms with Gasteiger partial charge in [0.2, 0.25) is 5.91 Å². The second kappa shape index (κ2) is 9.34. The van der Waals surface area contributed by atoms with Crippen molar-refractivity contribution in [3.63, 3.8) is 0 Å². The molecule has 1 rings (SSSR count). The van der Waals surface area contributed by atoms with E-state index in [1.165, 1.54) is 4.90 Å². The lowest BCUT2D eigenvalue weighted by atomic mass is 10.2. The van der Waals surface area contributed by atoms with Crippen molar-refractivity contribution in [3.8, 4) is 0 Å². The first-order valence-electron chi connectivity index (χ1n) is 8.15. The molecule has 0 saturated carbocycles. The molecule has 0 radical (unpaired) electrons. The Hall–Kier alpha value is -1.83. The number of nitrogens with zero attached hydrogens (tertiary/aromatic N) is 3. The van der Waals surface area contributed by atoms with E-state index >= 15 is 0 Å². The Kier molecular flexibility index (Phi) is 7.80. The van der Waals surface area contributed by atoms with Crippen LogP contribution in [0.3, 0.4) is 0 Å². The zero-order valence-electron chi connectivity index (χ0n) is 14.8. The van der Waals surface area contributed by atoms with Gasteiger partial charge in [-0.1, -0.05) is 0 Å². The van der Waals surface area contributed by atoms with E-state index in [0.29, 0.717) is 31.1 Å². The number of urea groups is 1. The summed E-state index contributed by atoms with van der Waals surface area (Å²) in [5, 5.41) is 8.86. The molecule has 0 aromatic carbocycles. The molecule has 8 nitrogen and oxygen atoms in total. The van der Waals surface area contributed by atoms with Crippen LogP contribution in [0.5, 0.6) is 0 Å². The van der Waals surface area contributed by atoms with E-state index in [9.17, 15) is 9.59 Å². The molecule has 1 aliphatic heterocycles. The Bertz CT molecular complexity index is 412. The van der Waals surface area contributed by atoms with Crippen molar-refractivity contribution >= 4 is 17.9 Å². The van der Waals surface area contributed by atoms with Gasteiger partial charge in [0.05, 0.1) is 6.54 Å². The lowest BCUT2D eigenvalue weighted by molar-refractivity contribution is -0.124. The largest absolute Gasteiger partial charge is 0.355 e. The third-order valence-corrected chi connectivity index (χ3v) is 3.78. The molecule has 0 spiro atoms. The van der Waals surface area contributed by atoms with Crippen molar-refractivity contribution in [1.29, 1.82) is 0 Å². The molecular weight excluding hydrogens is 296 g/mol. The van der Waals surface area contributed by atoms with Gasteiger partial charge in [0.25, 0.3) is 0 Å². The van der Waals surface area contributed by atoms with Gasteiger partial charge in [-0.25, -0.2) is 4.79 Å². The van der Waals surface area contributed by atoms with Crippen molar-refractivity contribution in [2.45, 2.75) is 39.8 Å². The molecule has 3 N–H and O–H groups in total. The Balaban J connectivity index is 2.29. The molecule has 1 aliphatic rings. The summed E-state index contributed by atoms with van der Waals surface area (Å²) < 4.78 is 0. The number of carbonyl (C=O) groups is 2. The zero-order valence-corrected chi connectivity index (χ0v) is 14.8. The number of rotatable bonds is 8. The minimum Gasteiger partial charge on any atom is -0.355 e. The van der Waals surface area contributed by atoms with Crippen LogP contribution < -0.4 is 16.0 Å².